The summed E-state index contributed by atoms with van der Waals surface area (Å²) in [6.45, 7) is 6.73. The quantitative estimate of drug-likeness (QED) is 0.908. The van der Waals surface area contributed by atoms with Crippen LogP contribution in [0.4, 0.5) is 5.82 Å². The maximum Gasteiger partial charge on any atom is 0.161 e. The molecule has 19 heavy (non-hydrogen) atoms. The molecule has 0 aromatic carbocycles. The van der Waals surface area contributed by atoms with E-state index in [0.717, 1.165) is 35.7 Å². The Balaban J connectivity index is 2.06. The Morgan fingerprint density at radius 1 is 1.26 bits per heavy atom. The first-order valence-corrected chi connectivity index (χ1v) is 6.71. The molecule has 2 aromatic rings. The van der Waals surface area contributed by atoms with Gasteiger partial charge >= 0.3 is 0 Å². The monoisotopic (exact) mass is 258 g/mol. The van der Waals surface area contributed by atoms with Gasteiger partial charge in [0.15, 0.2) is 5.82 Å². The Morgan fingerprint density at radius 2 is 2.05 bits per heavy atom. The molecule has 2 heterocycles. The fraction of sp³-hybridized carbons (Fsp3) is 0.538. The number of anilines is 1. The average molecular weight is 258 g/mol. The first-order chi connectivity index (χ1) is 9.17. The lowest BCUT2D eigenvalue weighted by Gasteiger charge is -2.09. The van der Waals surface area contributed by atoms with Crippen LogP contribution in [0.3, 0.4) is 0 Å². The molecule has 1 fully saturated rings. The van der Waals surface area contributed by atoms with Gasteiger partial charge in [-0.2, -0.15) is 4.68 Å². The van der Waals surface area contributed by atoms with Gasteiger partial charge in [-0.1, -0.05) is 0 Å². The summed E-state index contributed by atoms with van der Waals surface area (Å²) in [4.78, 5) is 13.5. The van der Waals surface area contributed by atoms with Crippen molar-refractivity contribution in [3.63, 3.8) is 0 Å². The predicted molar refractivity (Wildman–Crippen MR) is 72.6 cm³/mol. The molecule has 1 aliphatic carbocycles. The first kappa shape index (κ1) is 12.1. The highest BCUT2D eigenvalue weighted by Crippen LogP contribution is 2.38. The van der Waals surface area contributed by atoms with Crippen molar-refractivity contribution < 1.29 is 0 Å². The third-order valence-corrected chi connectivity index (χ3v) is 3.12. The molecule has 0 saturated heterocycles. The Bertz CT molecular complexity index is 599. The van der Waals surface area contributed by atoms with Crippen LogP contribution in [-0.4, -0.2) is 31.3 Å². The normalized spacial score (nSPS) is 14.7. The topological polar surface area (TPSA) is 68.5 Å². The smallest absolute Gasteiger partial charge is 0.161 e. The van der Waals surface area contributed by atoms with Crippen LogP contribution in [-0.2, 0) is 0 Å². The van der Waals surface area contributed by atoms with E-state index in [0.29, 0.717) is 5.92 Å². The Kier molecular flexibility index (Phi) is 2.93. The molecule has 0 amide bonds. The highest BCUT2D eigenvalue weighted by atomic mass is 15.4. The number of rotatable bonds is 4. The second kappa shape index (κ2) is 4.60. The van der Waals surface area contributed by atoms with Crippen molar-refractivity contribution in [3.8, 4) is 5.82 Å². The molecule has 6 nitrogen and oxygen atoms in total. The van der Waals surface area contributed by atoms with Gasteiger partial charge in [0.25, 0.3) is 0 Å². The molecule has 6 heteroatoms. The van der Waals surface area contributed by atoms with E-state index < -0.39 is 0 Å². The molecule has 1 aliphatic rings. The number of hydrogen-bond donors (Lipinski definition) is 1. The summed E-state index contributed by atoms with van der Waals surface area (Å²) in [5, 5.41) is 7.64. The molecule has 0 atom stereocenters. The second-order valence-corrected chi connectivity index (χ2v) is 4.89. The molecule has 0 aliphatic heterocycles. The van der Waals surface area contributed by atoms with Gasteiger partial charge in [-0.25, -0.2) is 15.0 Å². The minimum atomic E-state index is 0.516. The minimum absolute atomic E-state index is 0.516. The largest absolute Gasteiger partial charge is 0.370 e. The van der Waals surface area contributed by atoms with Gasteiger partial charge in [0.1, 0.15) is 23.3 Å². The van der Waals surface area contributed by atoms with Crippen molar-refractivity contribution in [1.29, 1.82) is 0 Å². The van der Waals surface area contributed by atoms with E-state index in [1.54, 1.807) is 4.68 Å². The molecule has 2 aromatic heterocycles. The molecule has 0 bridgehead atoms. The fourth-order valence-corrected chi connectivity index (χ4v) is 2.09. The average Bonchev–Trinajstić information content (AvgIpc) is 3.15. The third-order valence-electron chi connectivity index (χ3n) is 3.12. The highest BCUT2D eigenvalue weighted by molar-refractivity contribution is 5.42. The Morgan fingerprint density at radius 3 is 2.63 bits per heavy atom. The molecule has 100 valence electrons. The van der Waals surface area contributed by atoms with Gasteiger partial charge < -0.3 is 5.32 Å². The molecule has 1 saturated carbocycles. The number of aromatic nitrogens is 5. The van der Waals surface area contributed by atoms with Crippen LogP contribution in [0, 0.1) is 13.8 Å². The fourth-order valence-electron chi connectivity index (χ4n) is 2.09. The van der Waals surface area contributed by atoms with Gasteiger partial charge in [-0.15, -0.1) is 5.10 Å². The zero-order chi connectivity index (χ0) is 13.4. The second-order valence-electron chi connectivity index (χ2n) is 4.89. The van der Waals surface area contributed by atoms with Gasteiger partial charge in [-0.3, -0.25) is 0 Å². The van der Waals surface area contributed by atoms with Crippen LogP contribution in [0.5, 0.6) is 0 Å². The molecular formula is C13H18N6. The SMILES string of the molecule is CCNc1cc(-n2nc(C)nc2C)nc(C2CC2)n1. The molecule has 1 N–H and O–H groups in total. The van der Waals surface area contributed by atoms with Gasteiger partial charge in [-0.05, 0) is 33.6 Å². The van der Waals surface area contributed by atoms with Gasteiger partial charge in [0, 0.05) is 18.5 Å². The van der Waals surface area contributed by atoms with Crippen molar-refractivity contribution in [2.75, 3.05) is 11.9 Å². The van der Waals surface area contributed by atoms with E-state index >= 15 is 0 Å². The molecule has 0 radical (unpaired) electrons. The Hall–Kier alpha value is -1.98. The third kappa shape index (κ3) is 2.43. The lowest BCUT2D eigenvalue weighted by Crippen LogP contribution is -2.09. The zero-order valence-electron chi connectivity index (χ0n) is 11.5. The molecular weight excluding hydrogens is 240 g/mol. The Labute approximate surface area is 112 Å². The number of nitrogens with one attached hydrogen (secondary N) is 1. The van der Waals surface area contributed by atoms with Crippen LogP contribution < -0.4 is 5.32 Å². The van der Waals surface area contributed by atoms with Crippen molar-refractivity contribution in [1.82, 2.24) is 24.7 Å². The van der Waals surface area contributed by atoms with E-state index in [1.807, 2.05) is 19.9 Å². The van der Waals surface area contributed by atoms with Crippen LogP contribution in [0.2, 0.25) is 0 Å². The van der Waals surface area contributed by atoms with E-state index in [1.165, 1.54) is 12.8 Å². The van der Waals surface area contributed by atoms with Crippen molar-refractivity contribution >= 4 is 5.82 Å². The first-order valence-electron chi connectivity index (χ1n) is 6.71. The molecule has 0 spiro atoms. The summed E-state index contributed by atoms with van der Waals surface area (Å²) >= 11 is 0. The van der Waals surface area contributed by atoms with Gasteiger partial charge in [0.05, 0.1) is 0 Å². The summed E-state index contributed by atoms with van der Waals surface area (Å²) in [5.74, 6) is 4.70. The number of aryl methyl sites for hydroxylation is 2. The molecule has 3 rings (SSSR count). The highest BCUT2D eigenvalue weighted by Gasteiger charge is 2.27. The van der Waals surface area contributed by atoms with Crippen molar-refractivity contribution in [2.45, 2.75) is 39.5 Å². The summed E-state index contributed by atoms with van der Waals surface area (Å²) in [5.41, 5.74) is 0. The van der Waals surface area contributed by atoms with E-state index in [9.17, 15) is 0 Å². The maximum absolute atomic E-state index is 4.63. The van der Waals surface area contributed by atoms with Gasteiger partial charge in [0.2, 0.25) is 0 Å². The van der Waals surface area contributed by atoms with Crippen LogP contribution in [0.25, 0.3) is 5.82 Å². The lowest BCUT2D eigenvalue weighted by molar-refractivity contribution is 0.779. The molecule has 0 unspecified atom stereocenters. The van der Waals surface area contributed by atoms with Crippen LogP contribution in [0.15, 0.2) is 6.07 Å². The van der Waals surface area contributed by atoms with E-state index in [4.69, 9.17) is 0 Å². The minimum Gasteiger partial charge on any atom is -0.370 e. The zero-order valence-corrected chi connectivity index (χ0v) is 11.5. The van der Waals surface area contributed by atoms with Crippen LogP contribution in [0.1, 0.15) is 43.2 Å². The lowest BCUT2D eigenvalue weighted by atomic mass is 10.3. The summed E-state index contributed by atoms with van der Waals surface area (Å²) in [7, 11) is 0. The summed E-state index contributed by atoms with van der Waals surface area (Å²) < 4.78 is 1.78. The van der Waals surface area contributed by atoms with Crippen molar-refractivity contribution in [3.05, 3.63) is 23.5 Å². The summed E-state index contributed by atoms with van der Waals surface area (Å²) in [6, 6.07) is 1.93. The summed E-state index contributed by atoms with van der Waals surface area (Å²) in [6.07, 6.45) is 2.37. The standard InChI is InChI=1S/C13H18N6/c1-4-14-11-7-12(17-13(16-11)10-5-6-10)19-9(3)15-8(2)18-19/h7,10H,4-6H2,1-3H3,(H,14,16,17). The van der Waals surface area contributed by atoms with E-state index in [-0.39, 0.29) is 0 Å². The number of nitrogens with zero attached hydrogens (tertiary/aromatic N) is 5. The maximum atomic E-state index is 4.63. The number of hydrogen-bond acceptors (Lipinski definition) is 5. The predicted octanol–water partition coefficient (Wildman–Crippen LogP) is 1.98. The van der Waals surface area contributed by atoms with Crippen LogP contribution >= 0.6 is 0 Å². The van der Waals surface area contributed by atoms with E-state index in [2.05, 4.69) is 32.3 Å². The van der Waals surface area contributed by atoms with Crippen molar-refractivity contribution in [2.24, 2.45) is 0 Å².